The van der Waals surface area contributed by atoms with E-state index in [9.17, 15) is 13.2 Å². The van der Waals surface area contributed by atoms with Crippen LogP contribution in [0.2, 0.25) is 0 Å². The van der Waals surface area contributed by atoms with Gasteiger partial charge in [0.05, 0.1) is 30.3 Å². The second kappa shape index (κ2) is 9.76. The van der Waals surface area contributed by atoms with Gasteiger partial charge in [-0.2, -0.15) is 4.31 Å². The van der Waals surface area contributed by atoms with Crippen LogP contribution in [-0.2, 0) is 14.8 Å². The van der Waals surface area contributed by atoms with E-state index in [1.165, 1.54) is 23.5 Å². The first kappa shape index (κ1) is 23.0. The molecule has 2 atom stereocenters. The van der Waals surface area contributed by atoms with Crippen molar-refractivity contribution in [2.75, 3.05) is 20.2 Å². The standard InChI is InChI=1S/C24H28N4O4S/c1-18(19-5-7-21(8-6-19)27-15-13-25-17-27)26-24(29)20-4-3-14-28(16-20)33(30,31)23-11-9-22(32-2)10-12-23/h5-13,15,17-18,20H,3-4,14,16H2,1-2H3,(H,26,29)/t18-,20+/m1/s1. The Morgan fingerprint density at radius 3 is 2.52 bits per heavy atom. The predicted molar refractivity (Wildman–Crippen MR) is 125 cm³/mol. The molecular weight excluding hydrogens is 440 g/mol. The third-order valence-electron chi connectivity index (χ3n) is 6.01. The normalized spacial score (nSPS) is 17.9. The van der Waals surface area contributed by atoms with E-state index in [-0.39, 0.29) is 29.3 Å². The summed E-state index contributed by atoms with van der Waals surface area (Å²) in [7, 11) is -2.14. The molecule has 0 saturated carbocycles. The number of rotatable bonds is 7. The van der Waals surface area contributed by atoms with Gasteiger partial charge in [-0.05, 0) is 61.7 Å². The minimum atomic E-state index is -3.67. The molecule has 1 aromatic heterocycles. The SMILES string of the molecule is COc1ccc(S(=O)(=O)N2CCC[C@H](C(=O)N[C@H](C)c3ccc(-n4ccnc4)cc3)C2)cc1. The van der Waals surface area contributed by atoms with Gasteiger partial charge in [-0.3, -0.25) is 4.79 Å². The van der Waals surface area contributed by atoms with Crippen molar-refractivity contribution in [3.63, 3.8) is 0 Å². The lowest BCUT2D eigenvalue weighted by atomic mass is 9.98. The van der Waals surface area contributed by atoms with Crippen LogP contribution in [0.3, 0.4) is 0 Å². The Hall–Kier alpha value is -3.17. The molecule has 0 bridgehead atoms. The summed E-state index contributed by atoms with van der Waals surface area (Å²) in [6.45, 7) is 2.51. The molecule has 0 aliphatic carbocycles. The summed E-state index contributed by atoms with van der Waals surface area (Å²) in [5.74, 6) is 0.0761. The van der Waals surface area contributed by atoms with Gasteiger partial charge in [0.25, 0.3) is 0 Å². The van der Waals surface area contributed by atoms with E-state index in [4.69, 9.17) is 4.74 Å². The van der Waals surface area contributed by atoms with Crippen LogP contribution in [0, 0.1) is 5.92 Å². The van der Waals surface area contributed by atoms with Gasteiger partial charge >= 0.3 is 0 Å². The van der Waals surface area contributed by atoms with Crippen molar-refractivity contribution in [3.05, 3.63) is 72.8 Å². The van der Waals surface area contributed by atoms with E-state index in [0.717, 1.165) is 11.3 Å². The Morgan fingerprint density at radius 1 is 1.15 bits per heavy atom. The fraction of sp³-hybridized carbons (Fsp3) is 0.333. The van der Waals surface area contributed by atoms with E-state index in [1.54, 1.807) is 24.7 Å². The Balaban J connectivity index is 1.39. The third kappa shape index (κ3) is 5.09. The zero-order valence-corrected chi connectivity index (χ0v) is 19.5. The minimum absolute atomic E-state index is 0.129. The lowest BCUT2D eigenvalue weighted by Crippen LogP contribution is -2.45. The summed E-state index contributed by atoms with van der Waals surface area (Å²) >= 11 is 0. The molecule has 8 nitrogen and oxygen atoms in total. The number of aromatic nitrogens is 2. The van der Waals surface area contributed by atoms with E-state index in [0.29, 0.717) is 25.1 Å². The molecule has 3 aromatic rings. The number of imidazole rings is 1. The van der Waals surface area contributed by atoms with Crippen molar-refractivity contribution in [1.82, 2.24) is 19.2 Å². The van der Waals surface area contributed by atoms with Crippen LogP contribution < -0.4 is 10.1 Å². The second-order valence-corrected chi connectivity index (χ2v) is 10.1. The molecule has 4 rings (SSSR count). The molecule has 0 radical (unpaired) electrons. The predicted octanol–water partition coefficient (Wildman–Crippen LogP) is 3.16. The van der Waals surface area contributed by atoms with E-state index >= 15 is 0 Å². The van der Waals surface area contributed by atoms with Gasteiger partial charge in [0.1, 0.15) is 5.75 Å². The third-order valence-corrected chi connectivity index (χ3v) is 7.89. The van der Waals surface area contributed by atoms with Crippen molar-refractivity contribution in [2.45, 2.75) is 30.7 Å². The summed E-state index contributed by atoms with van der Waals surface area (Å²) in [5, 5.41) is 3.05. The van der Waals surface area contributed by atoms with Gasteiger partial charge < -0.3 is 14.6 Å². The lowest BCUT2D eigenvalue weighted by Gasteiger charge is -2.32. The Kier molecular flexibility index (Phi) is 6.80. The zero-order valence-electron chi connectivity index (χ0n) is 18.7. The van der Waals surface area contributed by atoms with Gasteiger partial charge in [0.2, 0.25) is 15.9 Å². The highest BCUT2D eigenvalue weighted by molar-refractivity contribution is 7.89. The molecule has 1 aliphatic heterocycles. The van der Waals surface area contributed by atoms with Crippen LogP contribution in [0.5, 0.6) is 5.75 Å². The highest BCUT2D eigenvalue weighted by Gasteiger charge is 2.33. The number of ether oxygens (including phenoxy) is 1. The number of carbonyl (C=O) groups is 1. The van der Waals surface area contributed by atoms with E-state index < -0.39 is 10.0 Å². The number of nitrogens with one attached hydrogen (secondary N) is 1. The van der Waals surface area contributed by atoms with Crippen LogP contribution >= 0.6 is 0 Å². The summed E-state index contributed by atoms with van der Waals surface area (Å²) in [6, 6.07) is 14.0. The first-order valence-corrected chi connectivity index (χ1v) is 12.4. The topological polar surface area (TPSA) is 93.5 Å². The molecule has 0 unspecified atom stereocenters. The van der Waals surface area contributed by atoms with Crippen molar-refractivity contribution in [2.24, 2.45) is 5.92 Å². The van der Waals surface area contributed by atoms with Crippen LogP contribution in [0.1, 0.15) is 31.4 Å². The van der Waals surface area contributed by atoms with Crippen LogP contribution in [0.25, 0.3) is 5.69 Å². The summed E-state index contributed by atoms with van der Waals surface area (Å²) in [4.78, 5) is 17.2. The van der Waals surface area contributed by atoms with Gasteiger partial charge in [-0.15, -0.1) is 0 Å². The summed E-state index contributed by atoms with van der Waals surface area (Å²) < 4.78 is 34.6. The highest BCUT2D eigenvalue weighted by atomic mass is 32.2. The number of hydrogen-bond donors (Lipinski definition) is 1. The number of sulfonamides is 1. The average Bonchev–Trinajstić information content (AvgIpc) is 3.39. The highest BCUT2D eigenvalue weighted by Crippen LogP contribution is 2.26. The number of carbonyl (C=O) groups excluding carboxylic acids is 1. The van der Waals surface area contributed by atoms with Crippen molar-refractivity contribution in [1.29, 1.82) is 0 Å². The Morgan fingerprint density at radius 2 is 1.88 bits per heavy atom. The molecule has 33 heavy (non-hydrogen) atoms. The molecule has 2 aromatic carbocycles. The lowest BCUT2D eigenvalue weighted by molar-refractivity contribution is -0.126. The fourth-order valence-electron chi connectivity index (χ4n) is 4.03. The molecule has 1 fully saturated rings. The van der Waals surface area contributed by atoms with Crippen molar-refractivity contribution < 1.29 is 17.9 Å². The number of nitrogens with zero attached hydrogens (tertiary/aromatic N) is 3. The molecule has 1 amide bonds. The minimum Gasteiger partial charge on any atom is -0.497 e. The molecule has 1 aliphatic rings. The van der Waals surface area contributed by atoms with Crippen LogP contribution in [-0.4, -0.2) is 48.4 Å². The maximum absolute atomic E-state index is 13.1. The van der Waals surface area contributed by atoms with Gasteiger partial charge in [-0.1, -0.05) is 12.1 Å². The van der Waals surface area contributed by atoms with E-state index in [1.807, 2.05) is 42.0 Å². The molecular formula is C24H28N4O4S. The number of methoxy groups -OCH3 is 1. The summed E-state index contributed by atoms with van der Waals surface area (Å²) in [5.41, 5.74) is 1.96. The Labute approximate surface area is 194 Å². The van der Waals surface area contributed by atoms with Crippen LogP contribution in [0.4, 0.5) is 0 Å². The van der Waals surface area contributed by atoms with Gasteiger partial charge in [-0.25, -0.2) is 13.4 Å². The number of hydrogen-bond acceptors (Lipinski definition) is 5. The van der Waals surface area contributed by atoms with Gasteiger partial charge in [0.15, 0.2) is 0 Å². The van der Waals surface area contributed by atoms with Crippen molar-refractivity contribution in [3.8, 4) is 11.4 Å². The fourth-order valence-corrected chi connectivity index (χ4v) is 5.56. The molecule has 0 spiro atoms. The monoisotopic (exact) mass is 468 g/mol. The molecule has 1 saturated heterocycles. The average molecular weight is 469 g/mol. The smallest absolute Gasteiger partial charge is 0.243 e. The largest absolute Gasteiger partial charge is 0.497 e. The first-order chi connectivity index (χ1) is 15.9. The Bertz CT molecular complexity index is 1180. The second-order valence-electron chi connectivity index (χ2n) is 8.17. The molecule has 2 heterocycles. The number of amides is 1. The quantitative estimate of drug-likeness (QED) is 0.575. The summed E-state index contributed by atoms with van der Waals surface area (Å²) in [6.07, 6.45) is 6.62. The van der Waals surface area contributed by atoms with Gasteiger partial charge in [0, 0.05) is 31.2 Å². The maximum atomic E-state index is 13.1. The molecule has 9 heteroatoms. The first-order valence-electron chi connectivity index (χ1n) is 10.9. The zero-order chi connectivity index (χ0) is 23.4. The van der Waals surface area contributed by atoms with Crippen molar-refractivity contribution >= 4 is 15.9 Å². The molecule has 1 N–H and O–H groups in total. The molecule has 174 valence electrons. The maximum Gasteiger partial charge on any atom is 0.243 e. The number of piperidine rings is 1. The number of benzene rings is 2. The van der Waals surface area contributed by atoms with Crippen LogP contribution in [0.15, 0.2) is 72.1 Å². The van der Waals surface area contributed by atoms with E-state index in [2.05, 4.69) is 10.3 Å².